The topological polar surface area (TPSA) is 20.3 Å². The molecule has 1 spiro atoms. The minimum atomic E-state index is -0.154. The molecule has 1 saturated heterocycles. The van der Waals surface area contributed by atoms with E-state index < -0.39 is 0 Å². The highest BCUT2D eigenvalue weighted by Crippen LogP contribution is 2.73. The molecule has 0 aromatic rings. The molecule has 8 atom stereocenters. The van der Waals surface area contributed by atoms with Crippen molar-refractivity contribution in [3.8, 4) is 0 Å². The molecule has 33 heavy (non-hydrogen) atoms. The second-order valence-electron chi connectivity index (χ2n) is 13.9. The van der Waals surface area contributed by atoms with Crippen molar-refractivity contribution in [1.29, 1.82) is 0 Å². The summed E-state index contributed by atoms with van der Waals surface area (Å²) in [7, 11) is 2.27. The van der Waals surface area contributed by atoms with Crippen LogP contribution in [-0.2, 0) is 4.79 Å². The van der Waals surface area contributed by atoms with Crippen LogP contribution in [0.4, 0.5) is 0 Å². The van der Waals surface area contributed by atoms with Crippen molar-refractivity contribution >= 4 is 17.4 Å². The predicted octanol–water partition coefficient (Wildman–Crippen LogP) is 7.50. The first-order chi connectivity index (χ1) is 15.5. The van der Waals surface area contributed by atoms with Crippen molar-refractivity contribution in [1.82, 2.24) is 4.90 Å². The van der Waals surface area contributed by atoms with Crippen molar-refractivity contribution in [2.24, 2.45) is 45.8 Å². The highest BCUT2D eigenvalue weighted by molar-refractivity contribution is 6.21. The Labute approximate surface area is 208 Å². The van der Waals surface area contributed by atoms with E-state index in [0.29, 0.717) is 23.0 Å². The number of alkyl halides is 1. The number of likely N-dealkylation sites (tertiary alicyclic amines) is 1. The number of carbonyl (C=O) groups is 1. The lowest BCUT2D eigenvalue weighted by Crippen LogP contribution is -2.68. The van der Waals surface area contributed by atoms with Crippen LogP contribution < -0.4 is 0 Å². The lowest BCUT2D eigenvalue weighted by atomic mass is 9.38. The number of hydrogen-bond donors (Lipinski definition) is 0. The van der Waals surface area contributed by atoms with Crippen LogP contribution in [0, 0.1) is 45.8 Å². The maximum atomic E-state index is 14.5. The molecule has 1 aliphatic heterocycles. The fourth-order valence-electron chi connectivity index (χ4n) is 10.3. The largest absolute Gasteiger partial charge is 0.301 e. The summed E-state index contributed by atoms with van der Waals surface area (Å²) in [6.45, 7) is 14.2. The van der Waals surface area contributed by atoms with Crippen molar-refractivity contribution in [2.75, 3.05) is 20.1 Å². The summed E-state index contributed by atoms with van der Waals surface area (Å²) < 4.78 is 0. The van der Waals surface area contributed by atoms with E-state index in [1.165, 1.54) is 62.5 Å². The number of allylic oxidation sites excluding steroid dienone is 1. The number of halogens is 1. The third kappa shape index (κ3) is 3.46. The Bertz CT molecular complexity index is 833. The van der Waals surface area contributed by atoms with Gasteiger partial charge in [-0.3, -0.25) is 4.79 Å². The Kier molecular flexibility index (Phi) is 6.17. The summed E-state index contributed by atoms with van der Waals surface area (Å²) in [4.78, 5) is 17.0. The van der Waals surface area contributed by atoms with Gasteiger partial charge in [-0.05, 0) is 92.4 Å². The van der Waals surface area contributed by atoms with E-state index in [1.54, 1.807) is 0 Å². The first-order valence-corrected chi connectivity index (χ1v) is 14.6. The summed E-state index contributed by atoms with van der Waals surface area (Å²) in [5, 5.41) is 0.213. The fraction of sp³-hybridized carbons (Fsp3) is 0.900. The van der Waals surface area contributed by atoms with Gasteiger partial charge < -0.3 is 4.90 Å². The van der Waals surface area contributed by atoms with Gasteiger partial charge in [-0.25, -0.2) is 0 Å². The Morgan fingerprint density at radius 3 is 2.52 bits per heavy atom. The molecule has 3 heteroatoms. The molecule has 0 radical (unpaired) electrons. The molecule has 5 rings (SSSR count). The second-order valence-corrected chi connectivity index (χ2v) is 14.5. The molecule has 4 fully saturated rings. The van der Waals surface area contributed by atoms with Gasteiger partial charge in [-0.15, -0.1) is 11.6 Å². The number of hydrogen-bond acceptors (Lipinski definition) is 2. The Morgan fingerprint density at radius 1 is 1.03 bits per heavy atom. The standard InChI is InChI=1S/C30H48ClNO/c1-19(2)8-7-9-20(3)23-10-11-25-28(23,4)15-13-26-29(5)14-12-21(31)16-24(29)22-17-32(6)18-30(25,26)27(22)33/h19-21,23,25-26H,7-18H2,1-6H3/t20-,21?,23-,25-,26-,28-,29+,30+/m1/s1. The number of piperidine rings is 1. The molecule has 186 valence electrons. The molecular formula is C30H48ClNO. The van der Waals surface area contributed by atoms with Gasteiger partial charge in [0.05, 0.1) is 5.41 Å². The molecule has 2 nitrogen and oxygen atoms in total. The number of carbonyl (C=O) groups excluding carboxylic acids is 1. The van der Waals surface area contributed by atoms with Crippen LogP contribution in [-0.4, -0.2) is 36.2 Å². The third-order valence-corrected chi connectivity index (χ3v) is 12.0. The Balaban J connectivity index is 1.52. The number of likely N-dealkylation sites (N-methyl/N-ethyl adjacent to an activating group) is 1. The van der Waals surface area contributed by atoms with Crippen LogP contribution in [0.2, 0.25) is 0 Å². The minimum Gasteiger partial charge on any atom is -0.301 e. The van der Waals surface area contributed by atoms with Crippen LogP contribution in [0.25, 0.3) is 0 Å². The highest BCUT2D eigenvalue weighted by atomic mass is 35.5. The number of nitrogens with zero attached hydrogens (tertiary/aromatic N) is 1. The van der Waals surface area contributed by atoms with Crippen molar-refractivity contribution in [3.63, 3.8) is 0 Å². The van der Waals surface area contributed by atoms with Gasteiger partial charge in [0.25, 0.3) is 0 Å². The zero-order chi connectivity index (χ0) is 23.8. The monoisotopic (exact) mass is 473 g/mol. The van der Waals surface area contributed by atoms with Gasteiger partial charge in [0.2, 0.25) is 0 Å². The van der Waals surface area contributed by atoms with E-state index in [2.05, 4.69) is 46.6 Å². The van der Waals surface area contributed by atoms with Crippen molar-refractivity contribution in [3.05, 3.63) is 11.1 Å². The second kappa shape index (κ2) is 8.36. The summed E-state index contributed by atoms with van der Waals surface area (Å²) in [6.07, 6.45) is 12.5. The molecular weight excluding hydrogens is 426 g/mol. The quantitative estimate of drug-likeness (QED) is 0.385. The first kappa shape index (κ1) is 24.4. The number of Topliss-reactive ketones (excluding diaryl/α,β-unsaturated/α-hetero) is 1. The zero-order valence-electron chi connectivity index (χ0n) is 22.2. The van der Waals surface area contributed by atoms with E-state index in [0.717, 1.165) is 43.7 Å². The first-order valence-electron chi connectivity index (χ1n) is 14.1. The average Bonchev–Trinajstić information content (AvgIpc) is 3.09. The lowest BCUT2D eigenvalue weighted by molar-refractivity contribution is -0.168. The molecule has 0 N–H and O–H groups in total. The lowest BCUT2D eigenvalue weighted by Gasteiger charge is -2.66. The molecule has 4 aliphatic carbocycles. The summed E-state index contributed by atoms with van der Waals surface area (Å²) in [5.41, 5.74) is 3.01. The molecule has 0 aromatic heterocycles. The summed E-state index contributed by atoms with van der Waals surface area (Å²) in [5.74, 6) is 3.99. The highest BCUT2D eigenvalue weighted by Gasteiger charge is 2.71. The Morgan fingerprint density at radius 2 is 1.79 bits per heavy atom. The summed E-state index contributed by atoms with van der Waals surface area (Å²) >= 11 is 6.70. The van der Waals surface area contributed by atoms with E-state index in [1.807, 2.05) is 0 Å². The van der Waals surface area contributed by atoms with Crippen molar-refractivity contribution < 1.29 is 4.79 Å². The molecule has 0 amide bonds. The van der Waals surface area contributed by atoms with E-state index in [9.17, 15) is 4.79 Å². The fourth-order valence-corrected chi connectivity index (χ4v) is 10.5. The molecule has 5 aliphatic rings. The normalized spacial score (nSPS) is 46.2. The van der Waals surface area contributed by atoms with Gasteiger partial charge in [-0.2, -0.15) is 0 Å². The SMILES string of the molecule is CC(C)CCC[C@@H](C)[C@H]1CC[C@@H]2[C@]1(C)CC[C@H]1[C@]23CN(C)CC(=C2CC(Cl)CC[C@@]21C)C3=O. The summed E-state index contributed by atoms with van der Waals surface area (Å²) in [6, 6.07) is 0. The smallest absolute Gasteiger partial charge is 0.168 e. The van der Waals surface area contributed by atoms with Crippen molar-refractivity contribution in [2.45, 2.75) is 104 Å². The van der Waals surface area contributed by atoms with Gasteiger partial charge >= 0.3 is 0 Å². The average molecular weight is 474 g/mol. The maximum absolute atomic E-state index is 14.5. The predicted molar refractivity (Wildman–Crippen MR) is 138 cm³/mol. The third-order valence-electron chi connectivity index (χ3n) is 11.6. The molecule has 0 aromatic carbocycles. The minimum absolute atomic E-state index is 0.154. The number of rotatable bonds is 5. The van der Waals surface area contributed by atoms with E-state index >= 15 is 0 Å². The van der Waals surface area contributed by atoms with Gasteiger partial charge in [-0.1, -0.05) is 59.5 Å². The molecule has 1 heterocycles. The Hall–Kier alpha value is -0.340. The number of ketones is 1. The van der Waals surface area contributed by atoms with Gasteiger partial charge in [0, 0.05) is 24.0 Å². The number of fused-ring (bicyclic) bond motifs is 4. The van der Waals surface area contributed by atoms with Gasteiger partial charge in [0.1, 0.15) is 0 Å². The van der Waals surface area contributed by atoms with Crippen LogP contribution in [0.3, 0.4) is 0 Å². The van der Waals surface area contributed by atoms with Crippen LogP contribution in [0.5, 0.6) is 0 Å². The molecule has 2 bridgehead atoms. The van der Waals surface area contributed by atoms with Gasteiger partial charge in [0.15, 0.2) is 5.78 Å². The molecule has 3 saturated carbocycles. The van der Waals surface area contributed by atoms with Crippen LogP contribution >= 0.6 is 11.6 Å². The van der Waals surface area contributed by atoms with Crippen LogP contribution in [0.1, 0.15) is 98.8 Å². The zero-order valence-corrected chi connectivity index (χ0v) is 22.9. The maximum Gasteiger partial charge on any atom is 0.168 e. The van der Waals surface area contributed by atoms with E-state index in [4.69, 9.17) is 11.6 Å². The molecule has 1 unspecified atom stereocenters. The van der Waals surface area contributed by atoms with Crippen LogP contribution in [0.15, 0.2) is 11.1 Å². The van der Waals surface area contributed by atoms with E-state index in [-0.39, 0.29) is 16.2 Å².